The van der Waals surface area contributed by atoms with E-state index in [9.17, 15) is 0 Å². The van der Waals surface area contributed by atoms with Gasteiger partial charge in [0.1, 0.15) is 0 Å². The molecule has 1 aromatic rings. The highest BCUT2D eigenvalue weighted by molar-refractivity contribution is 6.09. The molecule has 12 heavy (non-hydrogen) atoms. The van der Waals surface area contributed by atoms with Crippen LogP contribution in [0.5, 0.6) is 0 Å². The summed E-state index contributed by atoms with van der Waals surface area (Å²) >= 11 is 1.30. The van der Waals surface area contributed by atoms with Crippen LogP contribution in [0.3, 0.4) is 0 Å². The molecule has 0 spiro atoms. The zero-order valence-corrected chi connectivity index (χ0v) is 10.2. The Balaban J connectivity index is 2.80. The van der Waals surface area contributed by atoms with Gasteiger partial charge in [0.15, 0.2) is 0 Å². The molecule has 0 fully saturated rings. The fraction of sp³-hybridized carbons (Fsp3) is 0.455. The first-order valence-corrected chi connectivity index (χ1v) is 6.22. The van der Waals surface area contributed by atoms with Crippen LogP contribution in [0.15, 0.2) is 30.3 Å². The molecule has 0 aliphatic heterocycles. The third-order valence-corrected chi connectivity index (χ3v) is 3.35. The maximum atomic E-state index is 2.32. The monoisotopic (exact) mass is 176 g/mol. The van der Waals surface area contributed by atoms with Gasteiger partial charge < -0.3 is 0 Å². The molecule has 64 valence electrons. The van der Waals surface area contributed by atoms with Gasteiger partial charge in [-0.25, -0.2) is 0 Å². The summed E-state index contributed by atoms with van der Waals surface area (Å²) in [7, 11) is 0. The molecular formula is C11H17Al. The van der Waals surface area contributed by atoms with Crippen LogP contribution in [-0.4, -0.2) is 16.3 Å². The molecule has 1 aromatic carbocycles. The summed E-state index contributed by atoms with van der Waals surface area (Å²) in [4.78, 5) is 0. The summed E-state index contributed by atoms with van der Waals surface area (Å²) in [5.74, 6) is 1.57. The van der Waals surface area contributed by atoms with Gasteiger partial charge in [0.05, 0.1) is 0 Å². The molecule has 0 aliphatic rings. The molecule has 0 aromatic heterocycles. The molecule has 1 atom stereocenters. The summed E-state index contributed by atoms with van der Waals surface area (Å²) in [5, 5.41) is 1.38. The van der Waals surface area contributed by atoms with E-state index in [2.05, 4.69) is 44.2 Å². The van der Waals surface area contributed by atoms with Crippen molar-refractivity contribution < 1.29 is 0 Å². The van der Waals surface area contributed by atoms with E-state index in [1.165, 1.54) is 27.1 Å². The smallest absolute Gasteiger partial charge is 0.0944 e. The number of benzene rings is 1. The van der Waals surface area contributed by atoms with Gasteiger partial charge in [-0.1, -0.05) is 49.5 Å². The van der Waals surface area contributed by atoms with Crippen molar-refractivity contribution in [3.8, 4) is 0 Å². The normalized spacial score (nSPS) is 13.2. The predicted octanol–water partition coefficient (Wildman–Crippen LogP) is 2.48. The van der Waals surface area contributed by atoms with Gasteiger partial charge in [-0.15, -0.1) is 0 Å². The van der Waals surface area contributed by atoms with Crippen molar-refractivity contribution in [1.82, 2.24) is 0 Å². The lowest BCUT2D eigenvalue weighted by molar-refractivity contribution is 0.535. The second-order valence-corrected chi connectivity index (χ2v) is 4.49. The Bertz CT molecular complexity index is 216. The number of hydrogen-bond acceptors (Lipinski definition) is 0. The molecule has 0 heterocycles. The van der Waals surface area contributed by atoms with E-state index in [1.807, 2.05) is 0 Å². The minimum absolute atomic E-state index is 0.782. The first kappa shape index (κ1) is 9.84. The van der Waals surface area contributed by atoms with Gasteiger partial charge in [0.2, 0.25) is 16.3 Å². The molecule has 1 heteroatoms. The molecule has 0 amide bonds. The molecule has 0 radical (unpaired) electrons. The Morgan fingerprint density at radius 2 is 1.75 bits per heavy atom. The lowest BCUT2D eigenvalue weighted by atomic mass is 9.90. The minimum Gasteiger partial charge on any atom is -0.0944 e. The fourth-order valence-corrected chi connectivity index (χ4v) is 3.21. The topological polar surface area (TPSA) is 0 Å². The maximum Gasteiger partial charge on any atom is 0.212 e. The van der Waals surface area contributed by atoms with Crippen molar-refractivity contribution in [3.63, 3.8) is 0 Å². The van der Waals surface area contributed by atoms with Crippen LogP contribution in [0.25, 0.3) is 0 Å². The minimum atomic E-state index is 0.782. The Morgan fingerprint density at radius 3 is 2.17 bits per heavy atom. The van der Waals surface area contributed by atoms with E-state index in [1.54, 1.807) is 0 Å². The Labute approximate surface area is 83.4 Å². The summed E-state index contributed by atoms with van der Waals surface area (Å²) < 4.78 is 0. The van der Waals surface area contributed by atoms with Gasteiger partial charge >= 0.3 is 0 Å². The molecular weight excluding hydrogens is 159 g/mol. The van der Waals surface area contributed by atoms with Crippen molar-refractivity contribution in [2.45, 2.75) is 25.0 Å². The Morgan fingerprint density at radius 1 is 1.17 bits per heavy atom. The molecule has 0 saturated heterocycles. The second kappa shape index (κ2) is 4.70. The first-order chi connectivity index (χ1) is 5.75. The van der Waals surface area contributed by atoms with Crippen molar-refractivity contribution in [3.05, 3.63) is 35.9 Å². The first-order valence-electron chi connectivity index (χ1n) is 4.80. The Kier molecular flexibility index (Phi) is 3.85. The van der Waals surface area contributed by atoms with E-state index in [0.29, 0.717) is 0 Å². The van der Waals surface area contributed by atoms with Crippen LogP contribution in [-0.2, 0) is 0 Å². The summed E-state index contributed by atoms with van der Waals surface area (Å²) in [6.07, 6.45) is 0. The molecule has 0 nitrogen and oxygen atoms in total. The largest absolute Gasteiger partial charge is 0.212 e. The lowest BCUT2D eigenvalue weighted by Crippen LogP contribution is -2.05. The van der Waals surface area contributed by atoms with E-state index < -0.39 is 0 Å². The number of hydrogen-bond donors (Lipinski definition) is 0. The molecule has 1 unspecified atom stereocenters. The van der Waals surface area contributed by atoms with Gasteiger partial charge in [-0.2, -0.15) is 0 Å². The van der Waals surface area contributed by atoms with Gasteiger partial charge in [0, 0.05) is 0 Å². The molecule has 0 bridgehead atoms. The van der Waals surface area contributed by atoms with Crippen LogP contribution >= 0.6 is 0 Å². The van der Waals surface area contributed by atoms with E-state index in [-0.39, 0.29) is 0 Å². The SMILES string of the molecule is CC(C)C([CH2][AlH2])c1ccccc1. The van der Waals surface area contributed by atoms with Gasteiger partial charge in [0.25, 0.3) is 0 Å². The standard InChI is InChI=1S/C11H15.Al.2H/c1-9(2)10(3)11-7-5-4-6-8-11;;;/h4-10H,3H2,1-2H3;;;. The van der Waals surface area contributed by atoms with E-state index in [4.69, 9.17) is 0 Å². The van der Waals surface area contributed by atoms with E-state index in [0.717, 1.165) is 11.8 Å². The van der Waals surface area contributed by atoms with E-state index >= 15 is 0 Å². The van der Waals surface area contributed by atoms with Gasteiger partial charge in [-0.3, -0.25) is 0 Å². The lowest BCUT2D eigenvalue weighted by Gasteiger charge is -2.19. The van der Waals surface area contributed by atoms with Crippen molar-refractivity contribution in [1.29, 1.82) is 0 Å². The third kappa shape index (κ3) is 2.37. The quantitative estimate of drug-likeness (QED) is 0.621. The zero-order valence-electron chi connectivity index (χ0n) is 8.25. The average molecular weight is 176 g/mol. The third-order valence-electron chi connectivity index (χ3n) is 2.47. The van der Waals surface area contributed by atoms with Crippen LogP contribution in [0, 0.1) is 5.92 Å². The highest BCUT2D eigenvalue weighted by atomic mass is 27.0. The summed E-state index contributed by atoms with van der Waals surface area (Å²) in [5.41, 5.74) is 1.52. The van der Waals surface area contributed by atoms with Crippen molar-refractivity contribution in [2.75, 3.05) is 0 Å². The van der Waals surface area contributed by atoms with Crippen molar-refractivity contribution >= 4 is 16.3 Å². The highest BCUT2D eigenvalue weighted by Crippen LogP contribution is 2.26. The number of rotatable bonds is 3. The van der Waals surface area contributed by atoms with Crippen LogP contribution < -0.4 is 0 Å². The Hall–Kier alpha value is -0.248. The van der Waals surface area contributed by atoms with Crippen molar-refractivity contribution in [2.24, 2.45) is 5.92 Å². The predicted molar refractivity (Wildman–Crippen MR) is 57.4 cm³/mol. The highest BCUT2D eigenvalue weighted by Gasteiger charge is 2.11. The fourth-order valence-electron chi connectivity index (χ4n) is 1.79. The molecule has 1 rings (SSSR count). The van der Waals surface area contributed by atoms with Crippen LogP contribution in [0.4, 0.5) is 0 Å². The zero-order chi connectivity index (χ0) is 8.97. The van der Waals surface area contributed by atoms with Crippen LogP contribution in [0.1, 0.15) is 25.3 Å². The maximum absolute atomic E-state index is 2.32. The van der Waals surface area contributed by atoms with Gasteiger partial charge in [-0.05, 0) is 17.4 Å². The molecule has 0 saturated carbocycles. The average Bonchev–Trinajstić information content (AvgIpc) is 2.07. The summed E-state index contributed by atoms with van der Waals surface area (Å²) in [6, 6.07) is 10.9. The molecule has 0 aliphatic carbocycles. The second-order valence-electron chi connectivity index (χ2n) is 3.67. The summed E-state index contributed by atoms with van der Waals surface area (Å²) in [6.45, 7) is 4.63. The molecule has 0 N–H and O–H groups in total. The van der Waals surface area contributed by atoms with Crippen LogP contribution in [0.2, 0.25) is 5.28 Å².